The number of nitrogens with one attached hydrogen (secondary N) is 1. The van der Waals surface area contributed by atoms with Gasteiger partial charge in [-0.25, -0.2) is 0 Å². The molecule has 1 rings (SSSR count). The Kier molecular flexibility index (Phi) is 12.3. The summed E-state index contributed by atoms with van der Waals surface area (Å²) in [5.41, 5.74) is 0. The topological polar surface area (TPSA) is 12.0 Å². The van der Waals surface area contributed by atoms with E-state index in [2.05, 4.69) is 33.0 Å². The van der Waals surface area contributed by atoms with Crippen LogP contribution in [0, 0.1) is 0 Å². The van der Waals surface area contributed by atoms with Crippen LogP contribution in [0.1, 0.15) is 105 Å². The first-order chi connectivity index (χ1) is 11.2. The second-order valence-electron chi connectivity index (χ2n) is 8.14. The van der Waals surface area contributed by atoms with Gasteiger partial charge in [-0.15, -0.1) is 0 Å². The molecule has 0 amide bonds. The van der Waals surface area contributed by atoms with Gasteiger partial charge in [-0.1, -0.05) is 0 Å². The van der Waals surface area contributed by atoms with Crippen molar-refractivity contribution in [3.05, 3.63) is 0 Å². The Morgan fingerprint density at radius 2 is 1.26 bits per heavy atom. The normalized spacial score (nSPS) is 18.3. The molecule has 1 fully saturated rings. The fourth-order valence-electron chi connectivity index (χ4n) is 4.77. The third-order valence-electron chi connectivity index (χ3n) is 6.27. The summed E-state index contributed by atoms with van der Waals surface area (Å²) in [5, 5.41) is 4.27. The molecular weight excluding hydrogens is 385 g/mol. The SMILES string of the molecule is CCC[CH2][Sn]([CH2]CCC)([CH2]CCC)[CH](CC)NC1CCCCC1. The molecule has 1 N–H and O–H groups in total. The number of unbranched alkanes of at least 4 members (excludes halogenated alkanes) is 3. The molecular formula is C21H45NSn. The van der Waals surface area contributed by atoms with Crippen molar-refractivity contribution >= 4 is 18.4 Å². The average Bonchev–Trinajstić information content (AvgIpc) is 2.60. The van der Waals surface area contributed by atoms with Crippen LogP contribution in [0.2, 0.25) is 13.3 Å². The van der Waals surface area contributed by atoms with Gasteiger partial charge in [-0.2, -0.15) is 0 Å². The molecule has 0 spiro atoms. The molecule has 1 aliphatic rings. The van der Waals surface area contributed by atoms with Crippen molar-refractivity contribution in [3.8, 4) is 0 Å². The van der Waals surface area contributed by atoms with Crippen LogP contribution in [0.15, 0.2) is 0 Å². The molecule has 1 saturated carbocycles. The first-order valence-electron chi connectivity index (χ1n) is 11.0. The zero-order valence-electron chi connectivity index (χ0n) is 16.8. The molecule has 1 unspecified atom stereocenters. The predicted molar refractivity (Wildman–Crippen MR) is 109 cm³/mol. The summed E-state index contributed by atoms with van der Waals surface area (Å²) in [4.78, 5) is 0. The first-order valence-corrected chi connectivity index (χ1v) is 18.7. The van der Waals surface area contributed by atoms with E-state index >= 15 is 0 Å². The molecule has 1 nitrogen and oxygen atoms in total. The second-order valence-corrected chi connectivity index (χ2v) is 22.2. The molecule has 138 valence electrons. The molecule has 2 heteroatoms. The molecule has 0 heterocycles. The molecule has 0 saturated heterocycles. The number of rotatable bonds is 13. The molecule has 0 bridgehead atoms. The van der Waals surface area contributed by atoms with Crippen molar-refractivity contribution in [1.29, 1.82) is 0 Å². The first kappa shape index (κ1) is 21.8. The Bertz CT molecular complexity index is 251. The molecule has 0 radical (unpaired) electrons. The minimum absolute atomic E-state index is 0.856. The van der Waals surface area contributed by atoms with Gasteiger partial charge in [0.05, 0.1) is 0 Å². The Morgan fingerprint density at radius 1 is 0.783 bits per heavy atom. The zero-order chi connectivity index (χ0) is 17.0. The fraction of sp³-hybridized carbons (Fsp3) is 1.00. The van der Waals surface area contributed by atoms with Crippen LogP contribution >= 0.6 is 0 Å². The predicted octanol–water partition coefficient (Wildman–Crippen LogP) is 7.08. The molecule has 1 aliphatic carbocycles. The fourth-order valence-corrected chi connectivity index (χ4v) is 23.1. The summed E-state index contributed by atoms with van der Waals surface area (Å²) in [5.74, 6) is 0. The van der Waals surface area contributed by atoms with E-state index in [0.29, 0.717) is 0 Å². The Hall–Kier alpha value is 0.759. The van der Waals surface area contributed by atoms with Crippen molar-refractivity contribution in [2.75, 3.05) is 0 Å². The van der Waals surface area contributed by atoms with Crippen molar-refractivity contribution < 1.29 is 0 Å². The van der Waals surface area contributed by atoms with Gasteiger partial charge in [0, 0.05) is 0 Å². The van der Waals surface area contributed by atoms with Gasteiger partial charge in [0.2, 0.25) is 0 Å². The molecule has 1 atom stereocenters. The van der Waals surface area contributed by atoms with Gasteiger partial charge in [0.1, 0.15) is 0 Å². The van der Waals surface area contributed by atoms with Gasteiger partial charge in [0.15, 0.2) is 0 Å². The van der Waals surface area contributed by atoms with Crippen molar-refractivity contribution in [1.82, 2.24) is 5.32 Å². The van der Waals surface area contributed by atoms with Crippen LogP contribution < -0.4 is 5.32 Å². The van der Waals surface area contributed by atoms with Crippen molar-refractivity contribution in [2.45, 2.75) is 128 Å². The monoisotopic (exact) mass is 431 g/mol. The molecule has 0 aromatic rings. The van der Waals surface area contributed by atoms with E-state index in [0.717, 1.165) is 10.1 Å². The van der Waals surface area contributed by atoms with Gasteiger partial charge < -0.3 is 0 Å². The van der Waals surface area contributed by atoms with Crippen molar-refractivity contribution in [3.63, 3.8) is 0 Å². The third-order valence-corrected chi connectivity index (χ3v) is 23.7. The summed E-state index contributed by atoms with van der Waals surface area (Å²) in [6, 6.07) is 0.856. The summed E-state index contributed by atoms with van der Waals surface area (Å²) in [6.07, 6.45) is 17.4. The van der Waals surface area contributed by atoms with Crippen LogP contribution in [0.5, 0.6) is 0 Å². The number of hydrogen-bond donors (Lipinski definition) is 1. The van der Waals surface area contributed by atoms with Gasteiger partial charge in [-0.05, 0) is 0 Å². The average molecular weight is 430 g/mol. The quantitative estimate of drug-likeness (QED) is 0.308. The Labute approximate surface area is 151 Å². The van der Waals surface area contributed by atoms with Crippen LogP contribution in [0.3, 0.4) is 0 Å². The molecule has 0 aromatic heterocycles. The molecule has 23 heavy (non-hydrogen) atoms. The standard InChI is InChI=1S/C9H18N.3C4H9.Sn/c1-2-8-10-9-6-4-3-5-7-9;3*1-3-4-2;/h8-10H,2-7H2,1H3;3*1,3-4H2,2H3;. The van der Waals surface area contributed by atoms with Gasteiger partial charge in [-0.3, -0.25) is 0 Å². The van der Waals surface area contributed by atoms with Crippen molar-refractivity contribution in [2.24, 2.45) is 0 Å². The van der Waals surface area contributed by atoms with E-state index in [1.807, 2.05) is 0 Å². The zero-order valence-corrected chi connectivity index (χ0v) is 19.6. The summed E-state index contributed by atoms with van der Waals surface area (Å²) in [7, 11) is 0. The van der Waals surface area contributed by atoms with E-state index in [-0.39, 0.29) is 0 Å². The maximum atomic E-state index is 4.27. The van der Waals surface area contributed by atoms with E-state index in [9.17, 15) is 0 Å². The van der Waals surface area contributed by atoms with Gasteiger partial charge >= 0.3 is 152 Å². The van der Waals surface area contributed by atoms with Crippen LogP contribution in [0.25, 0.3) is 0 Å². The van der Waals surface area contributed by atoms with Crippen LogP contribution in [-0.4, -0.2) is 28.5 Å². The van der Waals surface area contributed by atoms with Crippen LogP contribution in [0.4, 0.5) is 0 Å². The van der Waals surface area contributed by atoms with Crippen LogP contribution in [-0.2, 0) is 0 Å². The van der Waals surface area contributed by atoms with Gasteiger partial charge in [0.25, 0.3) is 0 Å². The summed E-state index contributed by atoms with van der Waals surface area (Å²) >= 11 is -2.08. The third kappa shape index (κ3) is 7.67. The van der Waals surface area contributed by atoms with E-state index in [1.54, 1.807) is 13.3 Å². The number of hydrogen-bond acceptors (Lipinski definition) is 1. The molecule has 0 aromatic carbocycles. The summed E-state index contributed by atoms with van der Waals surface area (Å²) < 4.78 is 5.92. The molecule has 0 aliphatic heterocycles. The van der Waals surface area contributed by atoms with E-state index in [4.69, 9.17) is 0 Å². The minimum atomic E-state index is -2.08. The summed E-state index contributed by atoms with van der Waals surface area (Å²) in [6.45, 7) is 9.67. The maximum absolute atomic E-state index is 4.27. The Balaban J connectivity index is 2.83. The van der Waals surface area contributed by atoms with E-state index in [1.165, 1.54) is 77.0 Å². The second kappa shape index (κ2) is 13.0. The Morgan fingerprint density at radius 3 is 1.65 bits per heavy atom. The van der Waals surface area contributed by atoms with E-state index < -0.39 is 18.4 Å².